The third-order valence-electron chi connectivity index (χ3n) is 4.68. The van der Waals surface area contributed by atoms with Gasteiger partial charge in [0.2, 0.25) is 0 Å². The third-order valence-corrected chi connectivity index (χ3v) is 4.68. The van der Waals surface area contributed by atoms with Crippen LogP contribution in [-0.4, -0.2) is 22.7 Å². The zero-order chi connectivity index (χ0) is 20.8. The molecule has 5 heteroatoms. The molecule has 1 N–H and O–H groups in total. The standard InChI is InChI=1S/C25H21NO4/c27-25(28)20-7-3-5-18(15-20)13-14-29-22-8-4-9-23(16-22)30-17-21-12-11-19-6-1-2-10-24(19)26-21/h1-12,15-16H,13-14,17H2,(H,27,28). The number of carboxylic acids is 1. The molecule has 150 valence electrons. The van der Waals surface area contributed by atoms with Crippen molar-refractivity contribution in [1.29, 1.82) is 0 Å². The lowest BCUT2D eigenvalue weighted by atomic mass is 10.1. The minimum atomic E-state index is -0.927. The molecule has 0 aliphatic carbocycles. The van der Waals surface area contributed by atoms with Crippen LogP contribution in [-0.2, 0) is 13.0 Å². The lowest BCUT2D eigenvalue weighted by Crippen LogP contribution is -2.03. The smallest absolute Gasteiger partial charge is 0.335 e. The van der Waals surface area contributed by atoms with Gasteiger partial charge in [0, 0.05) is 17.9 Å². The first-order chi connectivity index (χ1) is 14.7. The molecule has 4 rings (SSSR count). The number of hydrogen-bond donors (Lipinski definition) is 1. The number of fused-ring (bicyclic) bond motifs is 1. The number of rotatable bonds is 8. The van der Waals surface area contributed by atoms with E-state index in [1.807, 2.05) is 66.7 Å². The first kappa shape index (κ1) is 19.5. The van der Waals surface area contributed by atoms with Crippen molar-refractivity contribution >= 4 is 16.9 Å². The van der Waals surface area contributed by atoms with E-state index in [1.54, 1.807) is 18.2 Å². The predicted octanol–water partition coefficient (Wildman–Crippen LogP) is 5.13. The number of pyridine rings is 1. The molecule has 0 fully saturated rings. The van der Waals surface area contributed by atoms with Gasteiger partial charge in [0.05, 0.1) is 23.4 Å². The summed E-state index contributed by atoms with van der Waals surface area (Å²) in [5.41, 5.74) is 3.01. The van der Waals surface area contributed by atoms with Crippen molar-refractivity contribution in [3.05, 3.63) is 102 Å². The maximum absolute atomic E-state index is 11.1. The summed E-state index contributed by atoms with van der Waals surface area (Å²) in [5.74, 6) is 0.479. The first-order valence-electron chi connectivity index (χ1n) is 9.70. The topological polar surface area (TPSA) is 68.7 Å². The Kier molecular flexibility index (Phi) is 5.90. The highest BCUT2D eigenvalue weighted by Crippen LogP contribution is 2.21. The molecule has 0 aliphatic heterocycles. The molecule has 0 saturated heterocycles. The second-order valence-electron chi connectivity index (χ2n) is 6.86. The molecule has 0 saturated carbocycles. The molecular weight excluding hydrogens is 378 g/mol. The fourth-order valence-corrected chi connectivity index (χ4v) is 3.15. The molecule has 0 unspecified atom stereocenters. The molecule has 0 aliphatic rings. The van der Waals surface area contributed by atoms with Gasteiger partial charge in [-0.2, -0.15) is 0 Å². The highest BCUT2D eigenvalue weighted by molar-refractivity contribution is 5.87. The quantitative estimate of drug-likeness (QED) is 0.445. The zero-order valence-corrected chi connectivity index (χ0v) is 16.3. The van der Waals surface area contributed by atoms with Crippen molar-refractivity contribution in [3.8, 4) is 11.5 Å². The summed E-state index contributed by atoms with van der Waals surface area (Å²) in [5, 5.41) is 10.2. The predicted molar refractivity (Wildman–Crippen MR) is 115 cm³/mol. The average Bonchev–Trinajstić information content (AvgIpc) is 2.78. The third kappa shape index (κ3) is 4.94. The van der Waals surface area contributed by atoms with Crippen molar-refractivity contribution in [3.63, 3.8) is 0 Å². The van der Waals surface area contributed by atoms with E-state index in [1.165, 1.54) is 0 Å². The van der Waals surface area contributed by atoms with Crippen LogP contribution in [0.3, 0.4) is 0 Å². The van der Waals surface area contributed by atoms with Gasteiger partial charge < -0.3 is 14.6 Å². The van der Waals surface area contributed by atoms with E-state index in [4.69, 9.17) is 14.6 Å². The number of aromatic nitrogens is 1. The lowest BCUT2D eigenvalue weighted by Gasteiger charge is -2.10. The summed E-state index contributed by atoms with van der Waals surface area (Å²) >= 11 is 0. The highest BCUT2D eigenvalue weighted by atomic mass is 16.5. The van der Waals surface area contributed by atoms with Crippen LogP contribution < -0.4 is 9.47 Å². The van der Waals surface area contributed by atoms with Crippen LogP contribution in [0.15, 0.2) is 84.9 Å². The van der Waals surface area contributed by atoms with E-state index in [2.05, 4.69) is 4.98 Å². The van der Waals surface area contributed by atoms with Crippen molar-refractivity contribution in [2.75, 3.05) is 6.61 Å². The largest absolute Gasteiger partial charge is 0.493 e. The number of aromatic carboxylic acids is 1. The Hall–Kier alpha value is -3.86. The van der Waals surface area contributed by atoms with Crippen molar-refractivity contribution in [1.82, 2.24) is 4.98 Å². The maximum Gasteiger partial charge on any atom is 0.335 e. The molecule has 30 heavy (non-hydrogen) atoms. The van der Waals surface area contributed by atoms with Gasteiger partial charge in [0.25, 0.3) is 0 Å². The van der Waals surface area contributed by atoms with E-state index in [0.29, 0.717) is 31.1 Å². The van der Waals surface area contributed by atoms with Gasteiger partial charge in [0.1, 0.15) is 18.1 Å². The monoisotopic (exact) mass is 399 g/mol. The minimum absolute atomic E-state index is 0.283. The van der Waals surface area contributed by atoms with Gasteiger partial charge >= 0.3 is 5.97 Å². The fraction of sp³-hybridized carbons (Fsp3) is 0.120. The number of hydrogen-bond acceptors (Lipinski definition) is 4. The number of carboxylic acid groups (broad SMARTS) is 1. The molecule has 0 bridgehead atoms. The summed E-state index contributed by atoms with van der Waals surface area (Å²) in [6.45, 7) is 0.815. The summed E-state index contributed by atoms with van der Waals surface area (Å²) in [6, 6.07) is 26.4. The van der Waals surface area contributed by atoms with Gasteiger partial charge in [0.15, 0.2) is 0 Å². The normalized spacial score (nSPS) is 10.7. The number of ether oxygens (including phenoxy) is 2. The van der Waals surface area contributed by atoms with Crippen LogP contribution in [0, 0.1) is 0 Å². The molecule has 0 amide bonds. The molecule has 0 atom stereocenters. The van der Waals surface area contributed by atoms with Crippen LogP contribution in [0.1, 0.15) is 21.6 Å². The van der Waals surface area contributed by atoms with Crippen LogP contribution in [0.4, 0.5) is 0 Å². The van der Waals surface area contributed by atoms with Gasteiger partial charge in [-0.1, -0.05) is 42.5 Å². The van der Waals surface area contributed by atoms with Gasteiger partial charge in [-0.3, -0.25) is 0 Å². The van der Waals surface area contributed by atoms with Crippen LogP contribution in [0.2, 0.25) is 0 Å². The Morgan fingerprint density at radius 1 is 0.833 bits per heavy atom. The van der Waals surface area contributed by atoms with E-state index in [0.717, 1.165) is 22.2 Å². The molecular formula is C25H21NO4. The first-order valence-corrected chi connectivity index (χ1v) is 9.70. The van der Waals surface area contributed by atoms with Gasteiger partial charge in [-0.25, -0.2) is 9.78 Å². The SMILES string of the molecule is O=C(O)c1cccc(CCOc2cccc(OCc3ccc4ccccc4n3)c2)c1. The van der Waals surface area contributed by atoms with E-state index in [9.17, 15) is 4.79 Å². The van der Waals surface area contributed by atoms with Gasteiger partial charge in [-0.15, -0.1) is 0 Å². The average molecular weight is 399 g/mol. The van der Waals surface area contributed by atoms with Crippen LogP contribution >= 0.6 is 0 Å². The number of benzene rings is 3. The molecule has 1 aromatic heterocycles. The van der Waals surface area contributed by atoms with Crippen molar-refractivity contribution in [2.24, 2.45) is 0 Å². The van der Waals surface area contributed by atoms with Gasteiger partial charge in [-0.05, 0) is 42.0 Å². The summed E-state index contributed by atoms with van der Waals surface area (Å²) in [6.07, 6.45) is 0.618. The zero-order valence-electron chi connectivity index (χ0n) is 16.3. The summed E-state index contributed by atoms with van der Waals surface area (Å²) < 4.78 is 11.7. The maximum atomic E-state index is 11.1. The molecule has 0 radical (unpaired) electrons. The second kappa shape index (κ2) is 9.09. The summed E-state index contributed by atoms with van der Waals surface area (Å²) in [7, 11) is 0. The minimum Gasteiger partial charge on any atom is -0.493 e. The van der Waals surface area contributed by atoms with E-state index in [-0.39, 0.29) is 5.56 Å². The number of carbonyl (C=O) groups is 1. The Morgan fingerprint density at radius 3 is 2.50 bits per heavy atom. The summed E-state index contributed by atoms with van der Waals surface area (Å²) in [4.78, 5) is 15.7. The van der Waals surface area contributed by atoms with Crippen molar-refractivity contribution in [2.45, 2.75) is 13.0 Å². The Bertz CT molecular complexity index is 1170. The number of nitrogens with zero attached hydrogens (tertiary/aromatic N) is 1. The Morgan fingerprint density at radius 2 is 1.63 bits per heavy atom. The Balaban J connectivity index is 1.33. The molecule has 4 aromatic rings. The van der Waals surface area contributed by atoms with E-state index < -0.39 is 5.97 Å². The van der Waals surface area contributed by atoms with Crippen LogP contribution in [0.25, 0.3) is 10.9 Å². The lowest BCUT2D eigenvalue weighted by molar-refractivity contribution is 0.0696. The van der Waals surface area contributed by atoms with Crippen molar-refractivity contribution < 1.29 is 19.4 Å². The highest BCUT2D eigenvalue weighted by Gasteiger charge is 2.05. The Labute approximate surface area is 174 Å². The fourth-order valence-electron chi connectivity index (χ4n) is 3.15. The molecule has 0 spiro atoms. The molecule has 1 heterocycles. The number of para-hydroxylation sites is 1. The second-order valence-corrected chi connectivity index (χ2v) is 6.86. The molecule has 3 aromatic carbocycles. The van der Waals surface area contributed by atoms with E-state index >= 15 is 0 Å². The molecule has 5 nitrogen and oxygen atoms in total. The van der Waals surface area contributed by atoms with Crippen LogP contribution in [0.5, 0.6) is 11.5 Å².